The number of aliphatic hydroxyl groups is 1. The lowest BCUT2D eigenvalue weighted by Gasteiger charge is -2.15. The van der Waals surface area contributed by atoms with Gasteiger partial charge in [-0.15, -0.1) is 0 Å². The Morgan fingerprint density at radius 2 is 1.88 bits per heavy atom. The first-order valence-corrected chi connectivity index (χ1v) is 4.86. The molecule has 0 saturated carbocycles. The van der Waals surface area contributed by atoms with E-state index in [4.69, 9.17) is 18.9 Å². The fraction of sp³-hybridized carbons (Fsp3) is 0.455. The molecule has 2 rings (SSSR count). The zero-order valence-electron chi connectivity index (χ0n) is 9.44. The van der Waals surface area contributed by atoms with Gasteiger partial charge in [0.05, 0.1) is 26.9 Å². The molecule has 0 spiro atoms. The molecule has 0 aromatic heterocycles. The Morgan fingerprint density at radius 1 is 1.19 bits per heavy atom. The minimum Gasteiger partial charge on any atom is -0.493 e. The molecule has 0 saturated heterocycles. The topological polar surface area (TPSA) is 57.2 Å². The standard InChI is InChI=1S/C11H14O5/c1-13-8-4-7-9(6(12)5-16-7)11(15-3)10(8)14-2/h4,6,12H,5H2,1-3H3. The molecule has 1 aliphatic heterocycles. The van der Waals surface area contributed by atoms with Crippen molar-refractivity contribution < 1.29 is 24.1 Å². The minimum atomic E-state index is -0.690. The normalized spacial score (nSPS) is 17.6. The van der Waals surface area contributed by atoms with Gasteiger partial charge in [0.15, 0.2) is 11.5 Å². The van der Waals surface area contributed by atoms with Crippen LogP contribution in [0.4, 0.5) is 0 Å². The van der Waals surface area contributed by atoms with Crippen LogP contribution in [-0.4, -0.2) is 33.0 Å². The van der Waals surface area contributed by atoms with E-state index in [-0.39, 0.29) is 6.61 Å². The molecular formula is C11H14O5. The number of hydrogen-bond donors (Lipinski definition) is 1. The van der Waals surface area contributed by atoms with Crippen LogP contribution in [0.1, 0.15) is 11.7 Å². The second-order valence-corrected chi connectivity index (χ2v) is 3.38. The number of methoxy groups -OCH3 is 3. The van der Waals surface area contributed by atoms with Crippen LogP contribution in [-0.2, 0) is 0 Å². The van der Waals surface area contributed by atoms with Crippen molar-refractivity contribution in [1.29, 1.82) is 0 Å². The lowest BCUT2D eigenvalue weighted by molar-refractivity contribution is 0.138. The predicted molar refractivity (Wildman–Crippen MR) is 56.6 cm³/mol. The Bertz CT molecular complexity index is 401. The molecule has 1 N–H and O–H groups in total. The van der Waals surface area contributed by atoms with E-state index in [2.05, 4.69) is 0 Å². The Hall–Kier alpha value is -1.62. The fourth-order valence-electron chi connectivity index (χ4n) is 1.84. The molecule has 0 radical (unpaired) electrons. The van der Waals surface area contributed by atoms with Crippen LogP contribution in [0.2, 0.25) is 0 Å². The molecule has 1 aromatic rings. The molecule has 1 atom stereocenters. The van der Waals surface area contributed by atoms with Gasteiger partial charge in [-0.1, -0.05) is 0 Å². The molecule has 1 aromatic carbocycles. The SMILES string of the molecule is COc1cc2c(c(OC)c1OC)C(O)CO2. The van der Waals surface area contributed by atoms with Crippen molar-refractivity contribution in [2.45, 2.75) is 6.10 Å². The zero-order chi connectivity index (χ0) is 11.7. The average molecular weight is 226 g/mol. The van der Waals surface area contributed by atoms with Crippen molar-refractivity contribution in [3.8, 4) is 23.0 Å². The minimum absolute atomic E-state index is 0.224. The number of rotatable bonds is 3. The fourth-order valence-corrected chi connectivity index (χ4v) is 1.84. The predicted octanol–water partition coefficient (Wildman–Crippen LogP) is 1.14. The highest BCUT2D eigenvalue weighted by molar-refractivity contribution is 5.63. The van der Waals surface area contributed by atoms with E-state index >= 15 is 0 Å². The van der Waals surface area contributed by atoms with E-state index in [1.165, 1.54) is 21.3 Å². The number of benzene rings is 1. The van der Waals surface area contributed by atoms with E-state index in [1.54, 1.807) is 6.07 Å². The van der Waals surface area contributed by atoms with Crippen LogP contribution in [0.5, 0.6) is 23.0 Å². The first kappa shape index (κ1) is 10.9. The van der Waals surface area contributed by atoms with Gasteiger partial charge in [-0.2, -0.15) is 0 Å². The molecule has 0 bridgehead atoms. The van der Waals surface area contributed by atoms with Crippen LogP contribution in [0, 0.1) is 0 Å². The Labute approximate surface area is 93.5 Å². The molecule has 1 aliphatic rings. The molecule has 1 heterocycles. The largest absolute Gasteiger partial charge is 0.493 e. The summed E-state index contributed by atoms with van der Waals surface area (Å²) >= 11 is 0. The molecule has 88 valence electrons. The third kappa shape index (κ3) is 1.44. The highest BCUT2D eigenvalue weighted by Crippen LogP contribution is 2.49. The first-order chi connectivity index (χ1) is 7.72. The number of ether oxygens (including phenoxy) is 4. The van der Waals surface area contributed by atoms with Crippen molar-refractivity contribution in [2.24, 2.45) is 0 Å². The summed E-state index contributed by atoms with van der Waals surface area (Å²) in [5.41, 5.74) is 0.611. The highest BCUT2D eigenvalue weighted by atomic mass is 16.5. The number of hydrogen-bond acceptors (Lipinski definition) is 5. The third-order valence-corrected chi connectivity index (χ3v) is 2.56. The van der Waals surface area contributed by atoms with Crippen molar-refractivity contribution in [3.63, 3.8) is 0 Å². The lowest BCUT2D eigenvalue weighted by atomic mass is 10.1. The molecule has 5 heteroatoms. The molecule has 0 amide bonds. The van der Waals surface area contributed by atoms with Crippen LogP contribution in [0.3, 0.4) is 0 Å². The smallest absolute Gasteiger partial charge is 0.203 e. The van der Waals surface area contributed by atoms with E-state index < -0.39 is 6.10 Å². The number of aliphatic hydroxyl groups excluding tert-OH is 1. The van der Waals surface area contributed by atoms with Gasteiger partial charge in [-0.3, -0.25) is 0 Å². The van der Waals surface area contributed by atoms with Gasteiger partial charge in [0.2, 0.25) is 5.75 Å². The number of fused-ring (bicyclic) bond motifs is 1. The van der Waals surface area contributed by atoms with Crippen LogP contribution >= 0.6 is 0 Å². The van der Waals surface area contributed by atoms with E-state index in [0.29, 0.717) is 28.6 Å². The highest BCUT2D eigenvalue weighted by Gasteiger charge is 2.31. The van der Waals surface area contributed by atoms with Crippen LogP contribution in [0.25, 0.3) is 0 Å². The van der Waals surface area contributed by atoms with E-state index in [1.807, 2.05) is 0 Å². The lowest BCUT2D eigenvalue weighted by Crippen LogP contribution is -2.01. The molecule has 16 heavy (non-hydrogen) atoms. The van der Waals surface area contributed by atoms with Crippen molar-refractivity contribution in [2.75, 3.05) is 27.9 Å². The quantitative estimate of drug-likeness (QED) is 0.837. The van der Waals surface area contributed by atoms with Gasteiger partial charge in [-0.05, 0) is 0 Å². The summed E-state index contributed by atoms with van der Waals surface area (Å²) in [6, 6.07) is 1.69. The molecule has 1 unspecified atom stereocenters. The Balaban J connectivity index is 2.65. The van der Waals surface area contributed by atoms with Crippen molar-refractivity contribution >= 4 is 0 Å². The first-order valence-electron chi connectivity index (χ1n) is 4.86. The van der Waals surface area contributed by atoms with E-state index in [9.17, 15) is 5.11 Å². The van der Waals surface area contributed by atoms with Crippen molar-refractivity contribution in [1.82, 2.24) is 0 Å². The average Bonchev–Trinajstić information content (AvgIpc) is 2.68. The van der Waals surface area contributed by atoms with Gasteiger partial charge in [0, 0.05) is 6.07 Å². The van der Waals surface area contributed by atoms with Crippen LogP contribution < -0.4 is 18.9 Å². The summed E-state index contributed by atoms with van der Waals surface area (Å²) in [6.07, 6.45) is -0.690. The third-order valence-electron chi connectivity index (χ3n) is 2.56. The summed E-state index contributed by atoms with van der Waals surface area (Å²) in [5, 5.41) is 9.78. The summed E-state index contributed by atoms with van der Waals surface area (Å²) in [5.74, 6) is 2.02. The summed E-state index contributed by atoms with van der Waals surface area (Å²) in [6.45, 7) is 0.224. The Kier molecular flexibility index (Phi) is 2.78. The summed E-state index contributed by atoms with van der Waals surface area (Å²) in [7, 11) is 4.58. The molecular weight excluding hydrogens is 212 g/mol. The second-order valence-electron chi connectivity index (χ2n) is 3.38. The van der Waals surface area contributed by atoms with Gasteiger partial charge in [0.25, 0.3) is 0 Å². The zero-order valence-corrected chi connectivity index (χ0v) is 9.44. The van der Waals surface area contributed by atoms with Gasteiger partial charge < -0.3 is 24.1 Å². The Morgan fingerprint density at radius 3 is 2.44 bits per heavy atom. The summed E-state index contributed by atoms with van der Waals surface area (Å²) in [4.78, 5) is 0. The van der Waals surface area contributed by atoms with Gasteiger partial charge in [0.1, 0.15) is 18.5 Å². The molecule has 5 nitrogen and oxygen atoms in total. The monoisotopic (exact) mass is 226 g/mol. The molecule has 0 fully saturated rings. The maximum Gasteiger partial charge on any atom is 0.203 e. The van der Waals surface area contributed by atoms with Crippen molar-refractivity contribution in [3.05, 3.63) is 11.6 Å². The van der Waals surface area contributed by atoms with Crippen LogP contribution in [0.15, 0.2) is 6.07 Å². The van der Waals surface area contributed by atoms with Gasteiger partial charge in [-0.25, -0.2) is 0 Å². The maximum atomic E-state index is 9.78. The maximum absolute atomic E-state index is 9.78. The second kappa shape index (κ2) is 4.09. The summed E-state index contributed by atoms with van der Waals surface area (Å²) < 4.78 is 21.0. The van der Waals surface area contributed by atoms with E-state index in [0.717, 1.165) is 0 Å². The van der Waals surface area contributed by atoms with Gasteiger partial charge >= 0.3 is 0 Å². The molecule has 0 aliphatic carbocycles.